The van der Waals surface area contributed by atoms with Gasteiger partial charge in [-0.05, 0) is 38.5 Å². The number of aliphatic carboxylic acids is 1. The molecule has 2 unspecified atom stereocenters. The van der Waals surface area contributed by atoms with Crippen LogP contribution in [0.1, 0.15) is 335 Å². The summed E-state index contributed by atoms with van der Waals surface area (Å²) in [7, 11) is 5.99. The first kappa shape index (κ1) is 73.0. The number of quaternary nitrogens is 1. The van der Waals surface area contributed by atoms with Crippen LogP contribution in [0.3, 0.4) is 0 Å². The highest BCUT2D eigenvalue weighted by atomic mass is 16.7. The minimum Gasteiger partial charge on any atom is -0.477 e. The Bertz CT molecular complexity index is 1240. The molecular weight excluding hydrogens is 935 g/mol. The lowest BCUT2D eigenvalue weighted by molar-refractivity contribution is -0.870. The van der Waals surface area contributed by atoms with Gasteiger partial charge in [-0.3, -0.25) is 9.59 Å². The fraction of sp³-hybridized carbons (Fsp3) is 0.924. The molecule has 9 heteroatoms. The van der Waals surface area contributed by atoms with E-state index in [2.05, 4.69) is 26.0 Å². The van der Waals surface area contributed by atoms with E-state index in [-0.39, 0.29) is 38.2 Å². The zero-order valence-electron chi connectivity index (χ0n) is 50.7. The van der Waals surface area contributed by atoms with Crippen molar-refractivity contribution >= 4 is 17.9 Å². The van der Waals surface area contributed by atoms with Crippen molar-refractivity contribution in [2.24, 2.45) is 0 Å². The molecule has 0 spiro atoms. The second kappa shape index (κ2) is 58.2. The number of unbranched alkanes of at least 4 members (excludes halogenated alkanes) is 45. The summed E-state index contributed by atoms with van der Waals surface area (Å²) in [6.45, 7) is 4.95. The molecule has 0 amide bonds. The molecule has 0 aromatic rings. The standard InChI is InChI=1S/C66H127NO8/c1-6-8-10-12-14-16-18-20-22-24-26-28-29-30-31-32-33-34-35-37-39-41-43-45-47-49-51-53-55-57-64(69)75-62(61-74-66(65(70)71)72-59-58-67(3,4)5)60-73-63(68)56-54-52-50-48-46-44-42-40-38-36-27-25-23-21-19-17-15-13-11-9-7-2/h24,26,62,66H,6-23,25,27-61H2,1-5H3/p+1/b26-24-. The van der Waals surface area contributed by atoms with Gasteiger partial charge in [0.05, 0.1) is 34.4 Å². The van der Waals surface area contributed by atoms with Crippen molar-refractivity contribution in [3.8, 4) is 0 Å². The SMILES string of the molecule is CCCCCCCCCC/C=C\CCCCCCCCCCCCCCCCCCCC(=O)OC(COC(=O)CCCCCCCCCCCCCCCCCCCCCCC)COC(OCC[N+](C)(C)C)C(=O)O. The third-order valence-electron chi connectivity index (χ3n) is 15.0. The van der Waals surface area contributed by atoms with Crippen LogP contribution in [0.25, 0.3) is 0 Å². The number of carboxylic acids is 1. The number of likely N-dealkylation sites (N-methyl/N-ethyl adjacent to an activating group) is 1. The van der Waals surface area contributed by atoms with Gasteiger partial charge in [-0.25, -0.2) is 4.79 Å². The Morgan fingerprint density at radius 2 is 0.680 bits per heavy atom. The Kier molecular flexibility index (Phi) is 56.7. The molecule has 444 valence electrons. The van der Waals surface area contributed by atoms with Gasteiger partial charge >= 0.3 is 17.9 Å². The molecule has 0 saturated carbocycles. The number of nitrogens with zero attached hydrogens (tertiary/aromatic N) is 1. The number of rotatable bonds is 62. The summed E-state index contributed by atoms with van der Waals surface area (Å²) in [5.41, 5.74) is 0. The second-order valence-electron chi connectivity index (χ2n) is 23.8. The van der Waals surface area contributed by atoms with E-state index in [1.54, 1.807) is 0 Å². The van der Waals surface area contributed by atoms with E-state index >= 15 is 0 Å². The average Bonchev–Trinajstić information content (AvgIpc) is 3.38. The smallest absolute Gasteiger partial charge is 0.361 e. The average molecular weight is 1060 g/mol. The number of hydrogen-bond acceptors (Lipinski definition) is 7. The molecule has 75 heavy (non-hydrogen) atoms. The predicted molar refractivity (Wildman–Crippen MR) is 318 cm³/mol. The maximum atomic E-state index is 12.9. The first-order chi connectivity index (χ1) is 36.6. The Hall–Kier alpha value is -1.97. The number of ether oxygens (including phenoxy) is 4. The van der Waals surface area contributed by atoms with Crippen molar-refractivity contribution in [2.45, 2.75) is 347 Å². The Labute approximate surface area is 465 Å². The topological polar surface area (TPSA) is 108 Å². The lowest BCUT2D eigenvalue weighted by Gasteiger charge is -2.25. The van der Waals surface area contributed by atoms with Gasteiger partial charge in [0.15, 0.2) is 6.10 Å². The summed E-state index contributed by atoms with van der Waals surface area (Å²) in [4.78, 5) is 37.5. The van der Waals surface area contributed by atoms with E-state index < -0.39 is 18.4 Å². The molecule has 0 bridgehead atoms. The zero-order valence-corrected chi connectivity index (χ0v) is 50.7. The minimum atomic E-state index is -1.51. The molecule has 1 N–H and O–H groups in total. The molecule has 2 atom stereocenters. The van der Waals surface area contributed by atoms with Crippen molar-refractivity contribution < 1.29 is 42.9 Å². The van der Waals surface area contributed by atoms with E-state index in [4.69, 9.17) is 18.9 Å². The lowest BCUT2D eigenvalue weighted by atomic mass is 10.0. The molecule has 0 aliphatic heterocycles. The van der Waals surface area contributed by atoms with Crippen LogP contribution in [-0.2, 0) is 33.3 Å². The Morgan fingerprint density at radius 1 is 0.387 bits per heavy atom. The van der Waals surface area contributed by atoms with Crippen LogP contribution < -0.4 is 0 Å². The van der Waals surface area contributed by atoms with Gasteiger partial charge in [0.1, 0.15) is 13.2 Å². The van der Waals surface area contributed by atoms with Gasteiger partial charge in [0.25, 0.3) is 6.29 Å². The Balaban J connectivity index is 4.09. The fourth-order valence-electron chi connectivity index (χ4n) is 9.95. The van der Waals surface area contributed by atoms with Crippen molar-refractivity contribution in [1.29, 1.82) is 0 Å². The lowest BCUT2D eigenvalue weighted by Crippen LogP contribution is -2.40. The van der Waals surface area contributed by atoms with Gasteiger partial charge in [0, 0.05) is 12.8 Å². The number of carbonyl (C=O) groups excluding carboxylic acids is 2. The van der Waals surface area contributed by atoms with Crippen LogP contribution >= 0.6 is 0 Å². The number of carbonyl (C=O) groups is 3. The molecule has 0 rings (SSSR count). The summed E-state index contributed by atoms with van der Waals surface area (Å²) in [5, 5.41) is 9.73. The monoisotopic (exact) mass is 1060 g/mol. The molecule has 0 heterocycles. The normalized spacial score (nSPS) is 12.7. The molecule has 0 aliphatic rings. The van der Waals surface area contributed by atoms with Crippen molar-refractivity contribution in [2.75, 3.05) is 47.5 Å². The Morgan fingerprint density at radius 3 is 0.987 bits per heavy atom. The third-order valence-corrected chi connectivity index (χ3v) is 15.0. The van der Waals surface area contributed by atoms with Crippen molar-refractivity contribution in [3.05, 3.63) is 12.2 Å². The van der Waals surface area contributed by atoms with Crippen LogP contribution in [0.2, 0.25) is 0 Å². The van der Waals surface area contributed by atoms with Gasteiger partial charge in [-0.2, -0.15) is 0 Å². The molecule has 0 aliphatic carbocycles. The van der Waals surface area contributed by atoms with Crippen LogP contribution in [-0.4, -0.2) is 87.4 Å². The quantitative estimate of drug-likeness (QED) is 0.0211. The summed E-state index contributed by atoms with van der Waals surface area (Å²) in [5.74, 6) is -1.97. The van der Waals surface area contributed by atoms with E-state index in [1.807, 2.05) is 21.1 Å². The van der Waals surface area contributed by atoms with Gasteiger partial charge in [-0.15, -0.1) is 0 Å². The summed E-state index contributed by atoms with van der Waals surface area (Å²) in [6, 6.07) is 0. The van der Waals surface area contributed by atoms with Crippen molar-refractivity contribution in [1.82, 2.24) is 0 Å². The highest BCUT2D eigenvalue weighted by molar-refractivity contribution is 5.71. The predicted octanol–water partition coefficient (Wildman–Crippen LogP) is 19.7. The molecule has 0 aromatic carbocycles. The van der Waals surface area contributed by atoms with Crippen molar-refractivity contribution in [3.63, 3.8) is 0 Å². The number of carboxylic acid groups (broad SMARTS) is 1. The molecule has 0 saturated heterocycles. The maximum Gasteiger partial charge on any atom is 0.361 e. The largest absolute Gasteiger partial charge is 0.477 e. The third kappa shape index (κ3) is 59.5. The van der Waals surface area contributed by atoms with Crippen LogP contribution in [0, 0.1) is 0 Å². The summed E-state index contributed by atoms with van der Waals surface area (Å²) >= 11 is 0. The first-order valence-corrected chi connectivity index (χ1v) is 32.9. The van der Waals surface area contributed by atoms with Gasteiger partial charge in [0.2, 0.25) is 0 Å². The molecular formula is C66H128NO8+. The molecule has 0 aromatic heterocycles. The fourth-order valence-corrected chi connectivity index (χ4v) is 9.95. The van der Waals surface area contributed by atoms with Crippen LogP contribution in [0.15, 0.2) is 12.2 Å². The van der Waals surface area contributed by atoms with E-state index in [1.165, 1.54) is 270 Å². The van der Waals surface area contributed by atoms with E-state index in [0.29, 0.717) is 17.4 Å². The second-order valence-corrected chi connectivity index (χ2v) is 23.8. The summed E-state index contributed by atoms with van der Waals surface area (Å²) < 4.78 is 23.0. The highest BCUT2D eigenvalue weighted by Crippen LogP contribution is 2.18. The van der Waals surface area contributed by atoms with E-state index in [9.17, 15) is 19.5 Å². The minimum absolute atomic E-state index is 0.174. The number of allylic oxidation sites excluding steroid dienone is 2. The van der Waals surface area contributed by atoms with Crippen LogP contribution in [0.4, 0.5) is 0 Å². The molecule has 0 radical (unpaired) electrons. The molecule has 0 fully saturated rings. The number of hydrogen-bond donors (Lipinski definition) is 1. The molecule has 9 nitrogen and oxygen atoms in total. The van der Waals surface area contributed by atoms with Crippen LogP contribution in [0.5, 0.6) is 0 Å². The zero-order chi connectivity index (χ0) is 54.8. The van der Waals surface area contributed by atoms with Gasteiger partial charge in [-0.1, -0.05) is 296 Å². The number of esters is 2. The first-order valence-electron chi connectivity index (χ1n) is 32.9. The summed E-state index contributed by atoms with van der Waals surface area (Å²) in [6.07, 6.45) is 66.0. The van der Waals surface area contributed by atoms with Gasteiger partial charge < -0.3 is 28.5 Å². The van der Waals surface area contributed by atoms with E-state index in [0.717, 1.165) is 38.5 Å². The maximum absolute atomic E-state index is 12.9. The highest BCUT2D eigenvalue weighted by Gasteiger charge is 2.25.